The molecule has 0 radical (unpaired) electrons. The molecule has 144 valence electrons. The summed E-state index contributed by atoms with van der Waals surface area (Å²) in [5, 5.41) is 4.15. The van der Waals surface area contributed by atoms with Gasteiger partial charge in [0.2, 0.25) is 5.91 Å². The number of nitrogens with zero attached hydrogens (tertiary/aromatic N) is 1. The van der Waals surface area contributed by atoms with Gasteiger partial charge in [-0.05, 0) is 70.1 Å². The van der Waals surface area contributed by atoms with Gasteiger partial charge in [-0.3, -0.25) is 10.1 Å². The molecule has 5 nitrogen and oxygen atoms in total. The SMILES string of the molecule is COC1CCCC(OCC(=O)N(CC2CCCS2)C2CCCCN2)C1. The first kappa shape index (κ1) is 19.5. The summed E-state index contributed by atoms with van der Waals surface area (Å²) in [5.41, 5.74) is 0. The number of hydrogen-bond donors (Lipinski definition) is 1. The van der Waals surface area contributed by atoms with E-state index in [1.165, 1.54) is 31.4 Å². The molecule has 25 heavy (non-hydrogen) atoms. The number of ether oxygens (including phenoxy) is 2. The van der Waals surface area contributed by atoms with Crippen LogP contribution in [0.5, 0.6) is 0 Å². The molecule has 3 fully saturated rings. The lowest BCUT2D eigenvalue weighted by atomic mass is 9.95. The first-order valence-electron chi connectivity index (χ1n) is 10.0. The highest BCUT2D eigenvalue weighted by molar-refractivity contribution is 8.00. The van der Waals surface area contributed by atoms with Crippen LogP contribution in [0, 0.1) is 0 Å². The van der Waals surface area contributed by atoms with Gasteiger partial charge in [-0.2, -0.15) is 11.8 Å². The molecule has 1 amide bonds. The largest absolute Gasteiger partial charge is 0.381 e. The van der Waals surface area contributed by atoms with Crippen LogP contribution < -0.4 is 5.32 Å². The maximum Gasteiger partial charge on any atom is 0.249 e. The monoisotopic (exact) mass is 370 g/mol. The van der Waals surface area contributed by atoms with Gasteiger partial charge < -0.3 is 14.4 Å². The van der Waals surface area contributed by atoms with Crippen molar-refractivity contribution in [1.29, 1.82) is 0 Å². The zero-order chi connectivity index (χ0) is 17.5. The zero-order valence-corrected chi connectivity index (χ0v) is 16.4. The molecule has 2 aliphatic heterocycles. The van der Waals surface area contributed by atoms with Crippen LogP contribution in [0.3, 0.4) is 0 Å². The van der Waals surface area contributed by atoms with Crippen molar-refractivity contribution in [3.05, 3.63) is 0 Å². The van der Waals surface area contributed by atoms with E-state index in [4.69, 9.17) is 9.47 Å². The van der Waals surface area contributed by atoms with Crippen molar-refractivity contribution < 1.29 is 14.3 Å². The van der Waals surface area contributed by atoms with Crippen LogP contribution >= 0.6 is 11.8 Å². The molecule has 1 aliphatic carbocycles. The molecule has 2 heterocycles. The first-order valence-corrected chi connectivity index (χ1v) is 11.1. The Morgan fingerprint density at radius 1 is 1.12 bits per heavy atom. The van der Waals surface area contributed by atoms with Crippen molar-refractivity contribution in [3.63, 3.8) is 0 Å². The van der Waals surface area contributed by atoms with Crippen molar-refractivity contribution in [2.24, 2.45) is 0 Å². The number of thioether (sulfide) groups is 1. The Kier molecular flexibility index (Phi) is 7.90. The van der Waals surface area contributed by atoms with Crippen molar-refractivity contribution in [3.8, 4) is 0 Å². The lowest BCUT2D eigenvalue weighted by molar-refractivity contribution is -0.143. The fourth-order valence-corrected chi connectivity index (χ4v) is 5.52. The van der Waals surface area contributed by atoms with Crippen LogP contribution in [-0.2, 0) is 14.3 Å². The van der Waals surface area contributed by atoms with Crippen LogP contribution in [0.1, 0.15) is 57.8 Å². The summed E-state index contributed by atoms with van der Waals surface area (Å²) in [5.74, 6) is 1.40. The van der Waals surface area contributed by atoms with Gasteiger partial charge in [0.25, 0.3) is 0 Å². The Bertz CT molecular complexity index is 411. The summed E-state index contributed by atoms with van der Waals surface area (Å²) >= 11 is 2.02. The van der Waals surface area contributed by atoms with Crippen LogP contribution in [0.25, 0.3) is 0 Å². The summed E-state index contributed by atoms with van der Waals surface area (Å²) in [6, 6.07) is 0. The predicted molar refractivity (Wildman–Crippen MR) is 102 cm³/mol. The molecule has 6 heteroatoms. The summed E-state index contributed by atoms with van der Waals surface area (Å²) < 4.78 is 11.5. The maximum absolute atomic E-state index is 12.9. The van der Waals surface area contributed by atoms with Crippen LogP contribution in [0.2, 0.25) is 0 Å². The minimum Gasteiger partial charge on any atom is -0.381 e. The van der Waals surface area contributed by atoms with Crippen LogP contribution in [-0.4, -0.2) is 67.0 Å². The van der Waals surface area contributed by atoms with E-state index < -0.39 is 0 Å². The Hall–Kier alpha value is -0.300. The Morgan fingerprint density at radius 3 is 2.72 bits per heavy atom. The topological polar surface area (TPSA) is 50.8 Å². The zero-order valence-electron chi connectivity index (χ0n) is 15.6. The fraction of sp³-hybridized carbons (Fsp3) is 0.947. The van der Waals surface area contributed by atoms with Gasteiger partial charge in [0.1, 0.15) is 6.61 Å². The van der Waals surface area contributed by atoms with Crippen molar-refractivity contribution in [1.82, 2.24) is 10.2 Å². The Labute approximate surface area is 156 Å². The van der Waals surface area contributed by atoms with E-state index in [-0.39, 0.29) is 24.8 Å². The number of rotatable bonds is 7. The molecule has 3 rings (SSSR count). The Balaban J connectivity index is 1.52. The van der Waals surface area contributed by atoms with Gasteiger partial charge in [0, 0.05) is 18.9 Å². The van der Waals surface area contributed by atoms with E-state index in [9.17, 15) is 4.79 Å². The average Bonchev–Trinajstić information content (AvgIpc) is 3.18. The second-order valence-corrected chi connectivity index (χ2v) is 9.01. The maximum atomic E-state index is 12.9. The molecule has 1 N–H and O–H groups in total. The smallest absolute Gasteiger partial charge is 0.249 e. The van der Waals surface area contributed by atoms with Crippen molar-refractivity contribution >= 4 is 17.7 Å². The highest BCUT2D eigenvalue weighted by Gasteiger charge is 2.30. The number of carbonyl (C=O) groups excluding carboxylic acids is 1. The molecule has 0 spiro atoms. The van der Waals surface area contributed by atoms with Crippen LogP contribution in [0.4, 0.5) is 0 Å². The molecule has 0 aromatic heterocycles. The minimum atomic E-state index is 0.159. The summed E-state index contributed by atoms with van der Waals surface area (Å²) in [6.45, 7) is 2.11. The first-order chi connectivity index (χ1) is 12.3. The summed E-state index contributed by atoms with van der Waals surface area (Å²) in [6.07, 6.45) is 10.9. The molecular formula is C19H34N2O3S. The number of hydrogen-bond acceptors (Lipinski definition) is 5. The lowest BCUT2D eigenvalue weighted by Gasteiger charge is -2.37. The van der Waals surface area contributed by atoms with Crippen molar-refractivity contribution in [2.45, 2.75) is 81.4 Å². The van der Waals surface area contributed by atoms with E-state index in [1.54, 1.807) is 7.11 Å². The second-order valence-electron chi connectivity index (χ2n) is 7.60. The third-order valence-corrected chi connectivity index (χ3v) is 7.14. The lowest BCUT2D eigenvalue weighted by Crippen LogP contribution is -2.53. The summed E-state index contributed by atoms with van der Waals surface area (Å²) in [7, 11) is 1.77. The third kappa shape index (κ3) is 5.84. The van der Waals surface area contributed by atoms with E-state index in [1.807, 2.05) is 11.8 Å². The highest BCUT2D eigenvalue weighted by atomic mass is 32.2. The molecule has 0 bridgehead atoms. The molecular weight excluding hydrogens is 336 g/mol. The molecule has 0 aromatic carbocycles. The van der Waals surface area contributed by atoms with Crippen molar-refractivity contribution in [2.75, 3.05) is 32.6 Å². The van der Waals surface area contributed by atoms with E-state index >= 15 is 0 Å². The quantitative estimate of drug-likeness (QED) is 0.747. The molecule has 1 saturated carbocycles. The number of carbonyl (C=O) groups is 1. The predicted octanol–water partition coefficient (Wildman–Crippen LogP) is 2.78. The Morgan fingerprint density at radius 2 is 2.00 bits per heavy atom. The number of nitrogens with one attached hydrogen (secondary N) is 1. The van der Waals surface area contributed by atoms with Gasteiger partial charge in [-0.15, -0.1) is 0 Å². The molecule has 2 saturated heterocycles. The normalized spacial score (nSPS) is 33.3. The number of piperidine rings is 1. The fourth-order valence-electron chi connectivity index (χ4n) is 4.25. The average molecular weight is 371 g/mol. The molecule has 4 atom stereocenters. The third-order valence-electron chi connectivity index (χ3n) is 5.76. The highest BCUT2D eigenvalue weighted by Crippen LogP contribution is 2.28. The van der Waals surface area contributed by atoms with Gasteiger partial charge in [-0.1, -0.05) is 0 Å². The van der Waals surface area contributed by atoms with Gasteiger partial charge in [0.05, 0.1) is 18.4 Å². The summed E-state index contributed by atoms with van der Waals surface area (Å²) in [4.78, 5) is 15.0. The van der Waals surface area contributed by atoms with Crippen LogP contribution in [0.15, 0.2) is 0 Å². The number of methoxy groups -OCH3 is 1. The standard InChI is InChI=1S/C19H34N2O3S/c1-23-15-6-4-7-16(12-15)24-14-19(22)21(13-17-8-5-11-25-17)18-9-2-3-10-20-18/h15-18,20H,2-14H2,1H3. The molecule has 0 aromatic rings. The number of amides is 1. The molecule has 4 unspecified atom stereocenters. The minimum absolute atomic E-state index is 0.159. The van der Waals surface area contributed by atoms with Gasteiger partial charge in [-0.25, -0.2) is 0 Å². The van der Waals surface area contributed by atoms with E-state index in [2.05, 4.69) is 10.2 Å². The van der Waals surface area contributed by atoms with E-state index in [0.717, 1.165) is 45.2 Å². The van der Waals surface area contributed by atoms with E-state index in [0.29, 0.717) is 11.4 Å². The van der Waals surface area contributed by atoms with Gasteiger partial charge >= 0.3 is 0 Å². The van der Waals surface area contributed by atoms with Gasteiger partial charge in [0.15, 0.2) is 0 Å². The second kappa shape index (κ2) is 10.1. The molecule has 3 aliphatic rings.